The monoisotopic (exact) mass is 321 g/mol. The van der Waals surface area contributed by atoms with Gasteiger partial charge in [-0.3, -0.25) is 0 Å². The van der Waals surface area contributed by atoms with E-state index in [0.717, 1.165) is 0 Å². The molecule has 0 aromatic heterocycles. The average Bonchev–Trinajstić information content (AvgIpc) is 2.44. The summed E-state index contributed by atoms with van der Waals surface area (Å²) in [5.41, 5.74) is -0.0473. The predicted octanol–water partition coefficient (Wildman–Crippen LogP) is 0.970. The highest BCUT2D eigenvalue weighted by Crippen LogP contribution is 2.32. The number of hydrogen-bond acceptors (Lipinski definition) is 6. The zero-order valence-corrected chi connectivity index (χ0v) is 12.6. The quantitative estimate of drug-likeness (QED) is 0.332. The van der Waals surface area contributed by atoms with Gasteiger partial charge >= 0.3 is 11.9 Å². The molecule has 1 atom stereocenters. The van der Waals surface area contributed by atoms with Crippen LogP contribution in [0.3, 0.4) is 0 Å². The maximum atomic E-state index is 13.2. The second-order valence-electron chi connectivity index (χ2n) is 5.82. The number of halogens is 1. The number of cyclic esters (lactones) is 2. The highest BCUT2D eigenvalue weighted by atomic mass is 19.1. The molecular weight excluding hydrogens is 307 g/mol. The number of esters is 2. The van der Waals surface area contributed by atoms with Crippen molar-refractivity contribution in [3.05, 3.63) is 40.9 Å². The normalized spacial score (nSPS) is 22.6. The Morgan fingerprint density at radius 3 is 2.57 bits per heavy atom. The SMILES string of the molecule is CC1(C)OC(=O)C(=C([O-])[C@@H]2CCc3cc(F)ccc3O2)C(=O)O1. The molecule has 1 saturated heterocycles. The number of fused-ring (bicyclic) bond motifs is 1. The third-order valence-electron chi connectivity index (χ3n) is 3.59. The van der Waals surface area contributed by atoms with Crippen LogP contribution in [0.1, 0.15) is 25.8 Å². The van der Waals surface area contributed by atoms with Crippen molar-refractivity contribution in [3.8, 4) is 5.75 Å². The summed E-state index contributed by atoms with van der Waals surface area (Å²) in [6.07, 6.45) is -0.390. The number of carbonyl (C=O) groups excluding carboxylic acids is 2. The van der Waals surface area contributed by atoms with Gasteiger partial charge in [0.15, 0.2) is 0 Å². The molecule has 1 aromatic carbocycles. The first kappa shape index (κ1) is 15.3. The van der Waals surface area contributed by atoms with Crippen molar-refractivity contribution in [2.75, 3.05) is 0 Å². The molecule has 0 radical (unpaired) electrons. The molecule has 1 fully saturated rings. The number of rotatable bonds is 1. The summed E-state index contributed by atoms with van der Waals surface area (Å²) in [5, 5.41) is 12.4. The van der Waals surface area contributed by atoms with Crippen molar-refractivity contribution < 1.29 is 33.3 Å². The zero-order valence-electron chi connectivity index (χ0n) is 12.6. The number of hydrogen-bond donors (Lipinski definition) is 0. The van der Waals surface area contributed by atoms with Crippen LogP contribution in [0.25, 0.3) is 0 Å². The molecule has 1 aromatic rings. The molecule has 0 saturated carbocycles. The number of aryl methyl sites for hydroxylation is 1. The van der Waals surface area contributed by atoms with Crippen molar-refractivity contribution in [2.24, 2.45) is 0 Å². The third kappa shape index (κ3) is 2.86. The summed E-state index contributed by atoms with van der Waals surface area (Å²) in [4.78, 5) is 23.8. The first-order chi connectivity index (χ1) is 10.8. The minimum atomic E-state index is -1.41. The number of benzene rings is 1. The molecule has 3 rings (SSSR count). The lowest BCUT2D eigenvalue weighted by molar-refractivity contribution is -0.321. The minimum absolute atomic E-state index is 0.225. The van der Waals surface area contributed by atoms with Crippen LogP contribution in [0.4, 0.5) is 4.39 Å². The molecule has 6 nitrogen and oxygen atoms in total. The summed E-state index contributed by atoms with van der Waals surface area (Å²) >= 11 is 0. The molecule has 0 amide bonds. The fourth-order valence-corrected chi connectivity index (χ4v) is 2.56. The Balaban J connectivity index is 1.89. The summed E-state index contributed by atoms with van der Waals surface area (Å²) in [6.45, 7) is 2.79. The van der Waals surface area contributed by atoms with E-state index in [2.05, 4.69) is 0 Å². The molecule has 0 aliphatic carbocycles. The van der Waals surface area contributed by atoms with Gasteiger partial charge in [-0.05, 0) is 36.6 Å². The standard InChI is InChI=1S/C16H15FO6/c1-16(2)22-14(19)12(15(20)23-16)13(18)11-5-3-8-7-9(17)4-6-10(8)21-11/h4,6-7,11,18H,3,5H2,1-2H3/p-1/t11-/m0/s1. The lowest BCUT2D eigenvalue weighted by atomic mass is 9.99. The van der Waals surface area contributed by atoms with Crippen LogP contribution in [-0.4, -0.2) is 23.8 Å². The lowest BCUT2D eigenvalue weighted by Gasteiger charge is -2.35. The van der Waals surface area contributed by atoms with Crippen molar-refractivity contribution in [2.45, 2.75) is 38.6 Å². The second kappa shape index (κ2) is 5.26. The molecule has 122 valence electrons. The highest BCUT2D eigenvalue weighted by molar-refractivity contribution is 6.15. The zero-order chi connectivity index (χ0) is 16.8. The Labute approximate surface area is 131 Å². The largest absolute Gasteiger partial charge is 0.872 e. The van der Waals surface area contributed by atoms with Crippen molar-refractivity contribution >= 4 is 11.9 Å². The summed E-state index contributed by atoms with van der Waals surface area (Å²) in [6, 6.07) is 3.95. The van der Waals surface area contributed by atoms with Gasteiger partial charge < -0.3 is 19.3 Å². The number of carbonyl (C=O) groups is 2. The van der Waals surface area contributed by atoms with Crippen LogP contribution >= 0.6 is 0 Å². The van der Waals surface area contributed by atoms with Gasteiger partial charge in [0.2, 0.25) is 0 Å². The highest BCUT2D eigenvalue weighted by Gasteiger charge is 2.40. The first-order valence-electron chi connectivity index (χ1n) is 7.10. The van der Waals surface area contributed by atoms with Crippen LogP contribution in [-0.2, 0) is 25.5 Å². The smallest absolute Gasteiger partial charge is 0.348 e. The van der Waals surface area contributed by atoms with Gasteiger partial charge in [-0.25, -0.2) is 14.0 Å². The fourth-order valence-electron chi connectivity index (χ4n) is 2.56. The van der Waals surface area contributed by atoms with Gasteiger partial charge in [0.05, 0.1) is 0 Å². The van der Waals surface area contributed by atoms with Crippen LogP contribution in [0, 0.1) is 5.82 Å². The van der Waals surface area contributed by atoms with Crippen LogP contribution in [0.5, 0.6) is 5.75 Å². The van der Waals surface area contributed by atoms with Gasteiger partial charge in [0, 0.05) is 13.8 Å². The van der Waals surface area contributed by atoms with Gasteiger partial charge in [-0.15, -0.1) is 0 Å². The third-order valence-corrected chi connectivity index (χ3v) is 3.59. The first-order valence-corrected chi connectivity index (χ1v) is 7.10. The van der Waals surface area contributed by atoms with E-state index in [9.17, 15) is 19.1 Å². The Morgan fingerprint density at radius 1 is 1.26 bits per heavy atom. The summed E-state index contributed by atoms with van der Waals surface area (Å²) < 4.78 is 28.5. The van der Waals surface area contributed by atoms with Gasteiger partial charge in [-0.1, -0.05) is 5.76 Å². The molecule has 2 aliphatic heterocycles. The molecular formula is C16H14FO6-. The molecule has 23 heavy (non-hydrogen) atoms. The van der Waals surface area contributed by atoms with Gasteiger partial charge in [-0.2, -0.15) is 0 Å². The van der Waals surface area contributed by atoms with Crippen molar-refractivity contribution in [3.63, 3.8) is 0 Å². The number of ether oxygens (including phenoxy) is 3. The predicted molar refractivity (Wildman–Crippen MR) is 72.4 cm³/mol. The van der Waals surface area contributed by atoms with E-state index in [1.54, 1.807) is 0 Å². The van der Waals surface area contributed by atoms with E-state index in [1.807, 2.05) is 0 Å². The molecule has 0 spiro atoms. The van der Waals surface area contributed by atoms with Crippen LogP contribution in [0.15, 0.2) is 29.5 Å². The molecule has 0 unspecified atom stereocenters. The lowest BCUT2D eigenvalue weighted by Crippen LogP contribution is -2.45. The van der Waals surface area contributed by atoms with Crippen molar-refractivity contribution in [1.29, 1.82) is 0 Å². The van der Waals surface area contributed by atoms with E-state index in [4.69, 9.17) is 14.2 Å². The molecule has 0 bridgehead atoms. The molecule has 7 heteroatoms. The summed E-state index contributed by atoms with van der Waals surface area (Å²) in [7, 11) is 0. The molecule has 0 N–H and O–H groups in total. The van der Waals surface area contributed by atoms with Crippen molar-refractivity contribution in [1.82, 2.24) is 0 Å². The van der Waals surface area contributed by atoms with E-state index >= 15 is 0 Å². The fraction of sp³-hybridized carbons (Fsp3) is 0.375. The van der Waals surface area contributed by atoms with Crippen LogP contribution in [0.2, 0.25) is 0 Å². The molecule has 2 heterocycles. The Morgan fingerprint density at radius 2 is 1.91 bits per heavy atom. The van der Waals surface area contributed by atoms with E-state index in [-0.39, 0.29) is 6.42 Å². The Hall–Kier alpha value is -2.57. The maximum Gasteiger partial charge on any atom is 0.348 e. The van der Waals surface area contributed by atoms with Crippen LogP contribution < -0.4 is 9.84 Å². The van der Waals surface area contributed by atoms with E-state index < -0.39 is 41.0 Å². The minimum Gasteiger partial charge on any atom is -0.872 e. The van der Waals surface area contributed by atoms with Gasteiger partial charge in [0.25, 0.3) is 5.79 Å². The average molecular weight is 321 g/mol. The maximum absolute atomic E-state index is 13.2. The Bertz CT molecular complexity index is 699. The Kier molecular flexibility index (Phi) is 3.50. The second-order valence-corrected chi connectivity index (χ2v) is 5.82. The molecule has 2 aliphatic rings. The van der Waals surface area contributed by atoms with E-state index in [0.29, 0.717) is 17.7 Å². The summed E-state index contributed by atoms with van der Waals surface area (Å²) in [5.74, 6) is -4.28. The van der Waals surface area contributed by atoms with Gasteiger partial charge in [0.1, 0.15) is 23.2 Å². The topological polar surface area (TPSA) is 84.9 Å². The van der Waals surface area contributed by atoms with E-state index in [1.165, 1.54) is 32.0 Å².